The number of carbonyl (C=O) groups is 1. The summed E-state index contributed by atoms with van der Waals surface area (Å²) in [4.78, 5) is 21.0. The van der Waals surface area contributed by atoms with Crippen molar-refractivity contribution < 1.29 is 31.5 Å². The van der Waals surface area contributed by atoms with E-state index < -0.39 is 46.4 Å². The van der Waals surface area contributed by atoms with E-state index in [0.717, 1.165) is 12.1 Å². The second-order valence-electron chi connectivity index (χ2n) is 6.30. The molecular formula is C18H18F5N5O2. The number of morpholine rings is 1. The second kappa shape index (κ2) is 8.78. The van der Waals surface area contributed by atoms with E-state index in [1.54, 1.807) is 6.92 Å². The molecular weight excluding hydrogens is 413 g/mol. The van der Waals surface area contributed by atoms with E-state index in [2.05, 4.69) is 20.6 Å². The smallest absolute Gasteiger partial charge is 0.378 e. The van der Waals surface area contributed by atoms with Crippen molar-refractivity contribution in [3.8, 4) is 0 Å². The van der Waals surface area contributed by atoms with E-state index >= 15 is 0 Å². The molecule has 2 aromatic rings. The first kappa shape index (κ1) is 21.7. The zero-order valence-electron chi connectivity index (χ0n) is 15.8. The van der Waals surface area contributed by atoms with Gasteiger partial charge in [0.05, 0.1) is 24.5 Å². The monoisotopic (exact) mass is 431 g/mol. The molecule has 1 fully saturated rings. The van der Waals surface area contributed by atoms with Gasteiger partial charge in [0, 0.05) is 25.8 Å². The Hall–Kier alpha value is -3.02. The number of carbonyl (C=O) groups excluding carboxylic acids is 1. The average molecular weight is 431 g/mol. The number of aromatic nitrogens is 2. The highest BCUT2D eigenvalue weighted by atomic mass is 19.4. The predicted molar refractivity (Wildman–Crippen MR) is 97.6 cm³/mol. The van der Waals surface area contributed by atoms with Gasteiger partial charge in [-0.15, -0.1) is 0 Å². The highest BCUT2D eigenvalue weighted by molar-refractivity contribution is 5.95. The van der Waals surface area contributed by atoms with Crippen LogP contribution in [0.2, 0.25) is 0 Å². The minimum absolute atomic E-state index is 0.154. The number of ether oxygens (including phenoxy) is 1. The molecule has 12 heteroatoms. The van der Waals surface area contributed by atoms with Crippen LogP contribution in [0.5, 0.6) is 0 Å². The van der Waals surface area contributed by atoms with Crippen LogP contribution in [-0.4, -0.2) is 53.6 Å². The first-order valence-electron chi connectivity index (χ1n) is 9.02. The van der Waals surface area contributed by atoms with E-state index in [1.165, 1.54) is 4.90 Å². The standard InChI is InChI=1S/C18H18F5N5O2/c1-2-24-15-11(18(21,22)23)9-25-17(27-15)26-12-4-3-10(13(19)14(12)20)16(29)28-5-7-30-8-6-28/h3-4,9H,2,5-8H2,1H3,(H2,24,25,26,27). The van der Waals surface area contributed by atoms with Gasteiger partial charge >= 0.3 is 6.18 Å². The van der Waals surface area contributed by atoms with E-state index in [9.17, 15) is 26.7 Å². The summed E-state index contributed by atoms with van der Waals surface area (Å²) in [6.07, 6.45) is -4.15. The summed E-state index contributed by atoms with van der Waals surface area (Å²) in [5.74, 6) is -4.30. The maximum atomic E-state index is 14.5. The Morgan fingerprint density at radius 2 is 1.90 bits per heavy atom. The van der Waals surface area contributed by atoms with Gasteiger partial charge in [0.15, 0.2) is 11.6 Å². The van der Waals surface area contributed by atoms with Gasteiger partial charge < -0.3 is 20.3 Å². The Morgan fingerprint density at radius 1 is 1.20 bits per heavy atom. The zero-order chi connectivity index (χ0) is 21.9. The first-order valence-corrected chi connectivity index (χ1v) is 9.02. The number of rotatable bonds is 5. The summed E-state index contributed by atoms with van der Waals surface area (Å²) in [6.45, 7) is 2.85. The van der Waals surface area contributed by atoms with Gasteiger partial charge in [0.25, 0.3) is 5.91 Å². The molecule has 2 heterocycles. The second-order valence-corrected chi connectivity index (χ2v) is 6.30. The van der Waals surface area contributed by atoms with Gasteiger partial charge in [-0.1, -0.05) is 0 Å². The molecule has 7 nitrogen and oxygen atoms in total. The van der Waals surface area contributed by atoms with Crippen LogP contribution >= 0.6 is 0 Å². The molecule has 0 saturated carbocycles. The van der Waals surface area contributed by atoms with Gasteiger partial charge in [-0.25, -0.2) is 13.8 Å². The molecule has 1 aliphatic rings. The van der Waals surface area contributed by atoms with Gasteiger partial charge in [-0.3, -0.25) is 4.79 Å². The summed E-state index contributed by atoms with van der Waals surface area (Å²) in [7, 11) is 0. The Bertz CT molecular complexity index is 932. The third-order valence-electron chi connectivity index (χ3n) is 4.30. The maximum Gasteiger partial charge on any atom is 0.421 e. The fourth-order valence-electron chi connectivity index (χ4n) is 2.82. The Morgan fingerprint density at radius 3 is 2.53 bits per heavy atom. The molecule has 2 N–H and O–H groups in total. The largest absolute Gasteiger partial charge is 0.421 e. The molecule has 30 heavy (non-hydrogen) atoms. The van der Waals surface area contributed by atoms with E-state index in [1.807, 2.05) is 0 Å². The summed E-state index contributed by atoms with van der Waals surface area (Å²) >= 11 is 0. The van der Waals surface area contributed by atoms with Crippen LogP contribution in [-0.2, 0) is 10.9 Å². The maximum absolute atomic E-state index is 14.5. The van der Waals surface area contributed by atoms with Crippen LogP contribution in [0.4, 0.5) is 39.4 Å². The molecule has 162 valence electrons. The molecule has 0 unspecified atom stereocenters. The molecule has 1 aliphatic heterocycles. The van der Waals surface area contributed by atoms with Crippen LogP contribution in [0.1, 0.15) is 22.8 Å². The number of anilines is 3. The van der Waals surface area contributed by atoms with Crippen molar-refractivity contribution in [1.82, 2.24) is 14.9 Å². The van der Waals surface area contributed by atoms with Gasteiger partial charge in [0.1, 0.15) is 11.4 Å². The fourth-order valence-corrected chi connectivity index (χ4v) is 2.82. The fraction of sp³-hybridized carbons (Fsp3) is 0.389. The first-order chi connectivity index (χ1) is 14.2. The Labute approximate surface area is 168 Å². The van der Waals surface area contributed by atoms with Gasteiger partial charge in [-0.05, 0) is 19.1 Å². The quantitative estimate of drug-likeness (QED) is 0.707. The molecule has 0 bridgehead atoms. The van der Waals surface area contributed by atoms with Crippen molar-refractivity contribution in [2.75, 3.05) is 43.5 Å². The van der Waals surface area contributed by atoms with Gasteiger partial charge in [-0.2, -0.15) is 18.2 Å². The third kappa shape index (κ3) is 4.58. The Kier molecular flexibility index (Phi) is 6.34. The molecule has 0 radical (unpaired) electrons. The van der Waals surface area contributed by atoms with E-state index in [4.69, 9.17) is 4.74 Å². The number of hydrogen-bond donors (Lipinski definition) is 2. The molecule has 1 amide bonds. The number of alkyl halides is 3. The number of benzene rings is 1. The summed E-state index contributed by atoms with van der Waals surface area (Å²) in [5.41, 5.74) is -1.97. The number of hydrogen-bond acceptors (Lipinski definition) is 6. The lowest BCUT2D eigenvalue weighted by Gasteiger charge is -2.27. The lowest BCUT2D eigenvalue weighted by molar-refractivity contribution is -0.137. The summed E-state index contributed by atoms with van der Waals surface area (Å²) in [5, 5.41) is 4.80. The Balaban J connectivity index is 1.86. The van der Waals surface area contributed by atoms with E-state index in [-0.39, 0.29) is 25.6 Å². The van der Waals surface area contributed by atoms with Crippen molar-refractivity contribution >= 4 is 23.4 Å². The van der Waals surface area contributed by atoms with Crippen molar-refractivity contribution in [3.05, 3.63) is 41.1 Å². The van der Waals surface area contributed by atoms with Crippen LogP contribution in [0.3, 0.4) is 0 Å². The summed E-state index contributed by atoms with van der Waals surface area (Å²) in [6, 6.07) is 2.19. The van der Waals surface area contributed by atoms with Crippen molar-refractivity contribution in [1.29, 1.82) is 0 Å². The molecule has 1 saturated heterocycles. The SMILES string of the molecule is CCNc1nc(Nc2ccc(C(=O)N3CCOCC3)c(F)c2F)ncc1C(F)(F)F. The van der Waals surface area contributed by atoms with Crippen LogP contribution in [0.15, 0.2) is 18.3 Å². The van der Waals surface area contributed by atoms with Crippen LogP contribution < -0.4 is 10.6 Å². The number of amides is 1. The van der Waals surface area contributed by atoms with Crippen molar-refractivity contribution in [3.63, 3.8) is 0 Å². The van der Waals surface area contributed by atoms with Crippen molar-refractivity contribution in [2.24, 2.45) is 0 Å². The van der Waals surface area contributed by atoms with Gasteiger partial charge in [0.2, 0.25) is 5.95 Å². The number of nitrogens with zero attached hydrogens (tertiary/aromatic N) is 3. The minimum atomic E-state index is -4.69. The van der Waals surface area contributed by atoms with E-state index in [0.29, 0.717) is 19.4 Å². The molecule has 0 aliphatic carbocycles. The highest BCUT2D eigenvalue weighted by Gasteiger charge is 2.35. The zero-order valence-corrected chi connectivity index (χ0v) is 15.8. The molecule has 0 spiro atoms. The topological polar surface area (TPSA) is 79.4 Å². The lowest BCUT2D eigenvalue weighted by Crippen LogP contribution is -2.41. The molecule has 1 aromatic carbocycles. The minimum Gasteiger partial charge on any atom is -0.378 e. The highest BCUT2D eigenvalue weighted by Crippen LogP contribution is 2.34. The average Bonchev–Trinajstić information content (AvgIpc) is 2.71. The molecule has 0 atom stereocenters. The van der Waals surface area contributed by atoms with Crippen molar-refractivity contribution in [2.45, 2.75) is 13.1 Å². The number of halogens is 5. The lowest BCUT2D eigenvalue weighted by atomic mass is 10.1. The number of nitrogens with one attached hydrogen (secondary N) is 2. The third-order valence-corrected chi connectivity index (χ3v) is 4.30. The van der Waals surface area contributed by atoms with Crippen LogP contribution in [0, 0.1) is 11.6 Å². The normalized spacial score (nSPS) is 14.5. The van der Waals surface area contributed by atoms with Crippen LogP contribution in [0.25, 0.3) is 0 Å². The molecule has 3 rings (SSSR count). The molecule has 1 aromatic heterocycles. The summed E-state index contributed by atoms with van der Waals surface area (Å²) < 4.78 is 73.2. The predicted octanol–water partition coefficient (Wildman–Crippen LogP) is 3.42.